The van der Waals surface area contributed by atoms with Gasteiger partial charge in [-0.1, -0.05) is 20.8 Å². The van der Waals surface area contributed by atoms with Gasteiger partial charge in [0.2, 0.25) is 0 Å². The first-order valence-electron chi connectivity index (χ1n) is 5.02. The SMILES string of the molecule is CC[C@H]1CC(C)C[C@H](CC)N1. The molecule has 0 bridgehead atoms. The molecule has 1 nitrogen and oxygen atoms in total. The van der Waals surface area contributed by atoms with E-state index in [9.17, 15) is 0 Å². The van der Waals surface area contributed by atoms with Crippen LogP contribution in [0.1, 0.15) is 46.5 Å². The predicted molar refractivity (Wildman–Crippen MR) is 49.7 cm³/mol. The van der Waals surface area contributed by atoms with E-state index in [1.54, 1.807) is 0 Å². The van der Waals surface area contributed by atoms with Crippen LogP contribution >= 0.6 is 0 Å². The first kappa shape index (κ1) is 9.05. The van der Waals surface area contributed by atoms with Crippen LogP contribution in [0, 0.1) is 5.92 Å². The maximum absolute atomic E-state index is 3.68. The molecule has 2 atom stereocenters. The Kier molecular flexibility index (Phi) is 3.38. The molecule has 1 heterocycles. The van der Waals surface area contributed by atoms with Crippen LogP contribution in [0.3, 0.4) is 0 Å². The van der Waals surface area contributed by atoms with Crippen LogP contribution in [-0.2, 0) is 0 Å². The fourth-order valence-electron chi connectivity index (χ4n) is 2.11. The van der Waals surface area contributed by atoms with Crippen molar-refractivity contribution in [3.05, 3.63) is 0 Å². The average Bonchev–Trinajstić information content (AvgIpc) is 2.03. The number of hydrogen-bond donors (Lipinski definition) is 1. The van der Waals surface area contributed by atoms with Gasteiger partial charge in [-0.3, -0.25) is 0 Å². The normalized spacial score (nSPS) is 39.0. The van der Waals surface area contributed by atoms with E-state index in [1.165, 1.54) is 25.7 Å². The molecule has 0 saturated carbocycles. The zero-order chi connectivity index (χ0) is 8.27. The van der Waals surface area contributed by atoms with Gasteiger partial charge in [-0.2, -0.15) is 0 Å². The summed E-state index contributed by atoms with van der Waals surface area (Å²) in [4.78, 5) is 0. The summed E-state index contributed by atoms with van der Waals surface area (Å²) in [5.41, 5.74) is 0. The molecule has 1 aliphatic rings. The van der Waals surface area contributed by atoms with E-state index in [0.717, 1.165) is 18.0 Å². The van der Waals surface area contributed by atoms with Crippen LogP contribution in [0.4, 0.5) is 0 Å². The zero-order valence-corrected chi connectivity index (χ0v) is 8.06. The van der Waals surface area contributed by atoms with Gasteiger partial charge in [0.1, 0.15) is 0 Å². The third kappa shape index (κ3) is 2.48. The highest BCUT2D eigenvalue weighted by Crippen LogP contribution is 2.22. The van der Waals surface area contributed by atoms with Crippen molar-refractivity contribution < 1.29 is 0 Å². The summed E-state index contributed by atoms with van der Waals surface area (Å²) < 4.78 is 0. The van der Waals surface area contributed by atoms with E-state index in [4.69, 9.17) is 0 Å². The molecule has 0 amide bonds. The second kappa shape index (κ2) is 4.10. The van der Waals surface area contributed by atoms with Gasteiger partial charge in [0.05, 0.1) is 0 Å². The molecule has 1 N–H and O–H groups in total. The van der Waals surface area contributed by atoms with Crippen molar-refractivity contribution in [1.29, 1.82) is 0 Å². The van der Waals surface area contributed by atoms with Crippen molar-refractivity contribution in [3.63, 3.8) is 0 Å². The lowest BCUT2D eigenvalue weighted by atomic mass is 9.87. The van der Waals surface area contributed by atoms with Gasteiger partial charge in [0.25, 0.3) is 0 Å². The Morgan fingerprint density at radius 1 is 1.09 bits per heavy atom. The Bertz CT molecular complexity index is 99.4. The van der Waals surface area contributed by atoms with Crippen molar-refractivity contribution >= 4 is 0 Å². The van der Waals surface area contributed by atoms with Crippen molar-refractivity contribution in [2.45, 2.75) is 58.5 Å². The second-order valence-corrected chi connectivity index (χ2v) is 3.95. The number of nitrogens with one attached hydrogen (secondary N) is 1. The smallest absolute Gasteiger partial charge is 0.00695 e. The maximum atomic E-state index is 3.68. The van der Waals surface area contributed by atoms with Crippen LogP contribution < -0.4 is 5.32 Å². The molecule has 1 saturated heterocycles. The molecule has 0 aromatic carbocycles. The van der Waals surface area contributed by atoms with E-state index in [2.05, 4.69) is 26.1 Å². The van der Waals surface area contributed by atoms with Crippen LogP contribution in [0.5, 0.6) is 0 Å². The summed E-state index contributed by atoms with van der Waals surface area (Å²) in [5, 5.41) is 3.68. The zero-order valence-electron chi connectivity index (χ0n) is 8.06. The molecule has 0 aliphatic carbocycles. The minimum absolute atomic E-state index is 0.795. The molecule has 0 aromatic rings. The number of hydrogen-bond acceptors (Lipinski definition) is 1. The van der Waals surface area contributed by atoms with Crippen molar-refractivity contribution in [1.82, 2.24) is 5.32 Å². The van der Waals surface area contributed by atoms with Crippen molar-refractivity contribution in [2.75, 3.05) is 0 Å². The van der Waals surface area contributed by atoms with Crippen LogP contribution in [0.2, 0.25) is 0 Å². The van der Waals surface area contributed by atoms with Crippen LogP contribution in [-0.4, -0.2) is 12.1 Å². The molecule has 11 heavy (non-hydrogen) atoms. The fourth-order valence-corrected chi connectivity index (χ4v) is 2.11. The first-order chi connectivity index (χ1) is 5.26. The Morgan fingerprint density at radius 3 is 1.91 bits per heavy atom. The van der Waals surface area contributed by atoms with Gasteiger partial charge in [-0.05, 0) is 31.6 Å². The predicted octanol–water partition coefficient (Wildman–Crippen LogP) is 2.56. The highest BCUT2D eigenvalue weighted by molar-refractivity contribution is 4.81. The largest absolute Gasteiger partial charge is 0.311 e. The van der Waals surface area contributed by atoms with E-state index < -0.39 is 0 Å². The molecular formula is C10H21N. The lowest BCUT2D eigenvalue weighted by Gasteiger charge is -2.34. The Morgan fingerprint density at radius 2 is 1.55 bits per heavy atom. The highest BCUT2D eigenvalue weighted by Gasteiger charge is 2.22. The van der Waals surface area contributed by atoms with Gasteiger partial charge >= 0.3 is 0 Å². The van der Waals surface area contributed by atoms with E-state index in [0.29, 0.717) is 0 Å². The number of rotatable bonds is 2. The number of piperidine rings is 1. The monoisotopic (exact) mass is 155 g/mol. The molecule has 66 valence electrons. The Balaban J connectivity index is 2.37. The molecule has 0 unspecified atom stereocenters. The minimum Gasteiger partial charge on any atom is -0.311 e. The fraction of sp³-hybridized carbons (Fsp3) is 1.00. The highest BCUT2D eigenvalue weighted by atomic mass is 15.0. The minimum atomic E-state index is 0.795. The summed E-state index contributed by atoms with van der Waals surface area (Å²) in [7, 11) is 0. The molecule has 1 aliphatic heterocycles. The van der Waals surface area contributed by atoms with Gasteiger partial charge < -0.3 is 5.32 Å². The van der Waals surface area contributed by atoms with Crippen molar-refractivity contribution in [3.8, 4) is 0 Å². The summed E-state index contributed by atoms with van der Waals surface area (Å²) in [6.45, 7) is 6.94. The van der Waals surface area contributed by atoms with Crippen LogP contribution in [0.15, 0.2) is 0 Å². The van der Waals surface area contributed by atoms with Gasteiger partial charge in [0, 0.05) is 12.1 Å². The van der Waals surface area contributed by atoms with E-state index >= 15 is 0 Å². The molecular weight excluding hydrogens is 134 g/mol. The lowest BCUT2D eigenvalue weighted by Crippen LogP contribution is -2.44. The third-order valence-electron chi connectivity index (χ3n) is 2.83. The molecule has 1 rings (SSSR count). The molecule has 0 spiro atoms. The molecule has 0 radical (unpaired) electrons. The van der Waals surface area contributed by atoms with Crippen molar-refractivity contribution in [2.24, 2.45) is 5.92 Å². The molecule has 0 aromatic heterocycles. The standard InChI is InChI=1S/C10H21N/c1-4-9-6-8(3)7-10(5-2)11-9/h8-11H,4-7H2,1-3H3/t9-,10-/m0/s1. The Hall–Kier alpha value is -0.0400. The quantitative estimate of drug-likeness (QED) is 0.646. The summed E-state index contributed by atoms with van der Waals surface area (Å²) in [6.07, 6.45) is 5.35. The summed E-state index contributed by atoms with van der Waals surface area (Å²) in [5.74, 6) is 0.936. The molecule has 1 heteroatoms. The van der Waals surface area contributed by atoms with E-state index in [1.807, 2.05) is 0 Å². The third-order valence-corrected chi connectivity index (χ3v) is 2.83. The van der Waals surface area contributed by atoms with Gasteiger partial charge in [-0.15, -0.1) is 0 Å². The van der Waals surface area contributed by atoms with E-state index in [-0.39, 0.29) is 0 Å². The average molecular weight is 155 g/mol. The first-order valence-corrected chi connectivity index (χ1v) is 5.02. The van der Waals surface area contributed by atoms with Gasteiger partial charge in [0.15, 0.2) is 0 Å². The lowest BCUT2D eigenvalue weighted by molar-refractivity contribution is 0.246. The van der Waals surface area contributed by atoms with Crippen LogP contribution in [0.25, 0.3) is 0 Å². The summed E-state index contributed by atoms with van der Waals surface area (Å²) >= 11 is 0. The maximum Gasteiger partial charge on any atom is 0.00695 e. The second-order valence-electron chi connectivity index (χ2n) is 3.95. The Labute approximate surface area is 70.6 Å². The molecule has 1 fully saturated rings. The summed E-state index contributed by atoms with van der Waals surface area (Å²) in [6, 6.07) is 1.59. The van der Waals surface area contributed by atoms with Gasteiger partial charge in [-0.25, -0.2) is 0 Å². The topological polar surface area (TPSA) is 12.0 Å².